The minimum Gasteiger partial charge on any atom is -0.481 e. The van der Waals surface area contributed by atoms with Crippen LogP contribution in [0.5, 0.6) is 0 Å². The van der Waals surface area contributed by atoms with Gasteiger partial charge in [-0.05, 0) is 19.4 Å². The number of amides is 1. The lowest BCUT2D eigenvalue weighted by molar-refractivity contribution is -0.140. The third-order valence-electron chi connectivity index (χ3n) is 3.81. The zero-order valence-electron chi connectivity index (χ0n) is 11.1. The maximum Gasteiger partial charge on any atom is 0.307 e. The molecule has 1 aliphatic carbocycles. The lowest BCUT2D eigenvalue weighted by Crippen LogP contribution is -2.26. The summed E-state index contributed by atoms with van der Waals surface area (Å²) in [7, 11) is 0. The van der Waals surface area contributed by atoms with Crippen molar-refractivity contribution in [2.75, 3.05) is 0 Å². The predicted molar refractivity (Wildman–Crippen MR) is 72.0 cm³/mol. The molecule has 1 amide bonds. The number of benzene rings is 1. The van der Waals surface area contributed by atoms with Crippen molar-refractivity contribution in [3.63, 3.8) is 0 Å². The molecule has 2 atom stereocenters. The molecule has 1 aliphatic rings. The SMILES string of the molecule is Cc1c(CNC(=O)[C@@H]2C[C@H]2C(=O)O)oc2ccccc12. The molecule has 0 saturated heterocycles. The molecule has 2 N–H and O–H groups in total. The smallest absolute Gasteiger partial charge is 0.307 e. The van der Waals surface area contributed by atoms with Gasteiger partial charge in [0, 0.05) is 10.9 Å². The van der Waals surface area contributed by atoms with Crippen LogP contribution in [0.4, 0.5) is 0 Å². The van der Waals surface area contributed by atoms with Gasteiger partial charge in [-0.25, -0.2) is 0 Å². The van der Waals surface area contributed by atoms with E-state index >= 15 is 0 Å². The minimum atomic E-state index is -0.898. The van der Waals surface area contributed by atoms with Crippen LogP contribution in [0.3, 0.4) is 0 Å². The van der Waals surface area contributed by atoms with Crippen molar-refractivity contribution < 1.29 is 19.1 Å². The molecule has 1 aromatic heterocycles. The molecule has 0 aliphatic heterocycles. The topological polar surface area (TPSA) is 79.5 Å². The second-order valence-electron chi connectivity index (χ2n) is 5.15. The molecule has 5 nitrogen and oxygen atoms in total. The van der Waals surface area contributed by atoms with Crippen molar-refractivity contribution in [3.05, 3.63) is 35.6 Å². The number of hydrogen-bond donors (Lipinski definition) is 2. The molecule has 104 valence electrons. The maximum atomic E-state index is 11.8. The molecular formula is C15H15NO4. The zero-order valence-corrected chi connectivity index (χ0v) is 11.1. The highest BCUT2D eigenvalue weighted by atomic mass is 16.4. The summed E-state index contributed by atoms with van der Waals surface area (Å²) >= 11 is 0. The number of carbonyl (C=O) groups excluding carboxylic acids is 1. The number of furan rings is 1. The van der Waals surface area contributed by atoms with E-state index in [1.54, 1.807) is 0 Å². The molecule has 5 heteroatoms. The quantitative estimate of drug-likeness (QED) is 0.893. The van der Waals surface area contributed by atoms with Crippen LogP contribution >= 0.6 is 0 Å². The number of rotatable bonds is 4. The molecule has 2 aromatic rings. The van der Waals surface area contributed by atoms with Gasteiger partial charge in [-0.2, -0.15) is 0 Å². The highest BCUT2D eigenvalue weighted by molar-refractivity contribution is 5.89. The fourth-order valence-electron chi connectivity index (χ4n) is 2.45. The van der Waals surface area contributed by atoms with E-state index in [0.29, 0.717) is 18.7 Å². The van der Waals surface area contributed by atoms with Gasteiger partial charge in [0.25, 0.3) is 0 Å². The first-order chi connectivity index (χ1) is 9.58. The Hall–Kier alpha value is -2.30. The number of fused-ring (bicyclic) bond motifs is 1. The number of carboxylic acids is 1. The van der Waals surface area contributed by atoms with E-state index in [1.165, 1.54) is 0 Å². The second kappa shape index (κ2) is 4.67. The van der Waals surface area contributed by atoms with Gasteiger partial charge in [0.2, 0.25) is 5.91 Å². The fraction of sp³-hybridized carbons (Fsp3) is 0.333. The van der Waals surface area contributed by atoms with Gasteiger partial charge in [0.05, 0.1) is 18.4 Å². The number of hydrogen-bond acceptors (Lipinski definition) is 3. The summed E-state index contributed by atoms with van der Waals surface area (Å²) in [6.45, 7) is 2.24. The second-order valence-corrected chi connectivity index (χ2v) is 5.15. The standard InChI is InChI=1S/C15H15NO4/c1-8-9-4-2-3-5-12(9)20-13(8)7-16-14(17)10-6-11(10)15(18)19/h2-5,10-11H,6-7H2,1H3,(H,16,17)(H,18,19)/t10-,11-/m1/s1. The van der Waals surface area contributed by atoms with E-state index < -0.39 is 17.8 Å². The minimum absolute atomic E-state index is 0.211. The Morgan fingerprint density at radius 1 is 1.35 bits per heavy atom. The molecule has 0 radical (unpaired) electrons. The van der Waals surface area contributed by atoms with Crippen LogP contribution in [0.1, 0.15) is 17.7 Å². The molecule has 20 heavy (non-hydrogen) atoms. The molecule has 1 heterocycles. The Labute approximate surface area is 115 Å². The Bertz CT molecular complexity index is 688. The number of carbonyl (C=O) groups is 2. The van der Waals surface area contributed by atoms with E-state index in [2.05, 4.69) is 5.32 Å². The number of nitrogens with one attached hydrogen (secondary N) is 1. The van der Waals surface area contributed by atoms with Crippen molar-refractivity contribution in [2.45, 2.75) is 19.9 Å². The average Bonchev–Trinajstić information content (AvgIpc) is 3.18. The highest BCUT2D eigenvalue weighted by Crippen LogP contribution is 2.38. The summed E-state index contributed by atoms with van der Waals surface area (Å²) in [4.78, 5) is 22.5. The first kappa shape index (κ1) is 12.7. The van der Waals surface area contributed by atoms with Gasteiger partial charge >= 0.3 is 5.97 Å². The highest BCUT2D eigenvalue weighted by Gasteiger charge is 2.48. The molecular weight excluding hydrogens is 258 g/mol. The normalized spacial score (nSPS) is 20.9. The number of para-hydroxylation sites is 1. The van der Waals surface area contributed by atoms with E-state index in [4.69, 9.17) is 9.52 Å². The van der Waals surface area contributed by atoms with E-state index in [9.17, 15) is 9.59 Å². The third-order valence-corrected chi connectivity index (χ3v) is 3.81. The van der Waals surface area contributed by atoms with Gasteiger partial charge in [0.1, 0.15) is 11.3 Å². The molecule has 0 bridgehead atoms. The fourth-order valence-corrected chi connectivity index (χ4v) is 2.45. The number of aliphatic carboxylic acids is 1. The Morgan fingerprint density at radius 3 is 2.75 bits per heavy atom. The molecule has 0 unspecified atom stereocenters. The Morgan fingerprint density at radius 2 is 2.10 bits per heavy atom. The monoisotopic (exact) mass is 273 g/mol. The summed E-state index contributed by atoms with van der Waals surface area (Å²) in [5.41, 5.74) is 1.80. The summed E-state index contributed by atoms with van der Waals surface area (Å²) in [5, 5.41) is 12.6. The molecule has 0 spiro atoms. The molecule has 1 saturated carbocycles. The molecule has 1 aromatic carbocycles. The summed E-state index contributed by atoms with van der Waals surface area (Å²) in [6, 6.07) is 7.69. The Kier molecular flexibility index (Phi) is 2.97. The van der Waals surface area contributed by atoms with Crippen LogP contribution in [-0.2, 0) is 16.1 Å². The molecule has 1 fully saturated rings. The van der Waals surface area contributed by atoms with Gasteiger partial charge in [-0.1, -0.05) is 18.2 Å². The van der Waals surface area contributed by atoms with Crippen molar-refractivity contribution in [1.29, 1.82) is 0 Å². The van der Waals surface area contributed by atoms with Gasteiger partial charge in [0.15, 0.2) is 0 Å². The van der Waals surface area contributed by atoms with Gasteiger partial charge in [-0.3, -0.25) is 9.59 Å². The van der Waals surface area contributed by atoms with Crippen molar-refractivity contribution in [1.82, 2.24) is 5.32 Å². The summed E-state index contributed by atoms with van der Waals surface area (Å²) in [6.07, 6.45) is 0.431. The van der Waals surface area contributed by atoms with Crippen LogP contribution in [0.25, 0.3) is 11.0 Å². The first-order valence-electron chi connectivity index (χ1n) is 6.55. The van der Waals surface area contributed by atoms with Crippen LogP contribution in [0, 0.1) is 18.8 Å². The lowest BCUT2D eigenvalue weighted by atomic mass is 10.1. The summed E-state index contributed by atoms with van der Waals surface area (Å²) < 4.78 is 5.69. The van der Waals surface area contributed by atoms with Crippen molar-refractivity contribution in [3.8, 4) is 0 Å². The zero-order chi connectivity index (χ0) is 14.3. The van der Waals surface area contributed by atoms with Crippen LogP contribution < -0.4 is 5.32 Å². The number of aryl methyl sites for hydroxylation is 1. The first-order valence-corrected chi connectivity index (χ1v) is 6.55. The third kappa shape index (κ3) is 2.15. The van der Waals surface area contributed by atoms with E-state index in [-0.39, 0.29) is 5.91 Å². The summed E-state index contributed by atoms with van der Waals surface area (Å²) in [5.74, 6) is -1.31. The molecule has 3 rings (SSSR count). The Balaban J connectivity index is 1.67. The van der Waals surface area contributed by atoms with Crippen LogP contribution in [0.15, 0.2) is 28.7 Å². The average molecular weight is 273 g/mol. The van der Waals surface area contributed by atoms with Gasteiger partial charge in [-0.15, -0.1) is 0 Å². The lowest BCUT2D eigenvalue weighted by Gasteiger charge is -2.02. The van der Waals surface area contributed by atoms with Gasteiger partial charge < -0.3 is 14.8 Å². The van der Waals surface area contributed by atoms with Crippen molar-refractivity contribution >= 4 is 22.8 Å². The van der Waals surface area contributed by atoms with Crippen LogP contribution in [-0.4, -0.2) is 17.0 Å². The van der Waals surface area contributed by atoms with E-state index in [0.717, 1.165) is 16.5 Å². The predicted octanol–water partition coefficient (Wildman–Crippen LogP) is 2.08. The van der Waals surface area contributed by atoms with Crippen LogP contribution in [0.2, 0.25) is 0 Å². The van der Waals surface area contributed by atoms with Crippen molar-refractivity contribution in [2.24, 2.45) is 11.8 Å². The largest absolute Gasteiger partial charge is 0.481 e. The van der Waals surface area contributed by atoms with E-state index in [1.807, 2.05) is 31.2 Å². The number of carboxylic acid groups (broad SMARTS) is 1. The maximum absolute atomic E-state index is 11.8.